The van der Waals surface area contributed by atoms with Gasteiger partial charge in [0.2, 0.25) is 17.8 Å². The molecule has 3 N–H and O–H groups in total. The molecule has 3 aromatic carbocycles. The molecule has 0 radical (unpaired) electrons. The second-order valence-electron chi connectivity index (χ2n) is 22.6. The Kier molecular flexibility index (Phi) is 19.6. The van der Waals surface area contributed by atoms with E-state index in [9.17, 15) is 19.6 Å². The van der Waals surface area contributed by atoms with E-state index in [1.54, 1.807) is 38.8 Å². The highest BCUT2D eigenvalue weighted by Gasteiger charge is 2.55. The molecular formula is C57H80N7O10PSi. The highest BCUT2D eigenvalue weighted by Crippen LogP contribution is 2.53. The molecule has 1 aliphatic rings. The minimum atomic E-state index is -2.80. The number of ether oxygens (including phenoxy) is 4. The number of aromatic nitrogens is 3. The van der Waals surface area contributed by atoms with Gasteiger partial charge in [-0.1, -0.05) is 110 Å². The van der Waals surface area contributed by atoms with Gasteiger partial charge in [-0.05, 0) is 86.8 Å². The Hall–Kier alpha value is -5.48. The number of nitriles is 1. The maximum atomic E-state index is 14.4. The Morgan fingerprint density at radius 2 is 1.43 bits per heavy atom. The first-order valence-electron chi connectivity index (χ1n) is 26.1. The molecule has 1 unspecified atom stereocenters. The maximum Gasteiger partial charge on any atom is 0.262 e. The number of benzene rings is 3. The highest BCUT2D eigenvalue weighted by atomic mass is 31.2. The number of hydrogen-bond donors (Lipinski definition) is 3. The van der Waals surface area contributed by atoms with Crippen LogP contribution in [0.1, 0.15) is 118 Å². The second-order valence-corrected chi connectivity index (χ2v) is 28.8. The summed E-state index contributed by atoms with van der Waals surface area (Å²) >= 11 is 0. The van der Waals surface area contributed by atoms with E-state index < -0.39 is 63.9 Å². The zero-order chi connectivity index (χ0) is 55.9. The van der Waals surface area contributed by atoms with Crippen LogP contribution in [0.2, 0.25) is 18.1 Å². The minimum Gasteiger partial charge on any atom is -0.497 e. The van der Waals surface area contributed by atoms with Crippen LogP contribution < -0.4 is 25.7 Å². The molecule has 5 aromatic rings. The van der Waals surface area contributed by atoms with Gasteiger partial charge in [0.15, 0.2) is 20.2 Å². The molecule has 0 spiro atoms. The Morgan fingerprint density at radius 3 is 1.93 bits per heavy atom. The predicted octanol–water partition coefficient (Wildman–Crippen LogP) is 11.0. The number of nitrogens with zero attached hydrogens (tertiary/aromatic N) is 4. The van der Waals surface area contributed by atoms with Crippen molar-refractivity contribution in [1.29, 1.82) is 5.26 Å². The second kappa shape index (κ2) is 24.9. The molecule has 412 valence electrons. The van der Waals surface area contributed by atoms with Gasteiger partial charge < -0.3 is 42.3 Å². The van der Waals surface area contributed by atoms with Crippen LogP contribution in [0.25, 0.3) is 11.0 Å². The SMILES string of the molecule is COc1ccc(C(OC[C@H]2O[C@@H](n3cc(CNC(=O)C(C)(C)C)c4c(=O)[nH]c(NC(=O)C(C)C)nc43)[C@H](O[Si](C)(C)C(C)(C)C)[C@@H]2OP(OCCC#N)N(C(C)C)C(C)C)(c2ccccc2)c2ccc(OC)cc2)cc1. The van der Waals surface area contributed by atoms with Gasteiger partial charge in [-0.3, -0.25) is 24.7 Å². The van der Waals surface area contributed by atoms with Gasteiger partial charge in [0.25, 0.3) is 14.1 Å². The number of methoxy groups -OCH3 is 2. The van der Waals surface area contributed by atoms with Crippen LogP contribution >= 0.6 is 8.53 Å². The first-order valence-corrected chi connectivity index (χ1v) is 30.1. The lowest BCUT2D eigenvalue weighted by molar-refractivity contribution is -0.128. The van der Waals surface area contributed by atoms with Crippen molar-refractivity contribution >= 4 is 45.6 Å². The monoisotopic (exact) mass is 1080 g/mol. The lowest BCUT2D eigenvalue weighted by atomic mass is 9.80. The van der Waals surface area contributed by atoms with E-state index in [0.29, 0.717) is 17.1 Å². The van der Waals surface area contributed by atoms with Crippen molar-refractivity contribution in [2.45, 2.75) is 156 Å². The molecule has 1 fully saturated rings. The van der Waals surface area contributed by atoms with Crippen molar-refractivity contribution in [3.8, 4) is 17.6 Å². The molecular weight excluding hydrogens is 1000 g/mol. The van der Waals surface area contributed by atoms with Crippen LogP contribution in [0.3, 0.4) is 0 Å². The lowest BCUT2D eigenvalue weighted by Crippen LogP contribution is -2.50. The normalized spacial score (nSPS) is 17.9. The number of hydrogen-bond acceptors (Lipinski definition) is 13. The van der Waals surface area contributed by atoms with Crippen LogP contribution in [-0.4, -0.2) is 97.2 Å². The van der Waals surface area contributed by atoms with E-state index >= 15 is 0 Å². The van der Waals surface area contributed by atoms with Crippen LogP contribution in [-0.2, 0) is 44.7 Å². The topological polar surface area (TPSA) is 201 Å². The number of rotatable bonds is 23. The Morgan fingerprint density at radius 1 is 0.868 bits per heavy atom. The van der Waals surface area contributed by atoms with Crippen LogP contribution in [0.5, 0.6) is 11.5 Å². The summed E-state index contributed by atoms with van der Waals surface area (Å²) in [6.45, 7) is 28.0. The molecule has 5 atom stereocenters. The standard InChI is InChI=1S/C57H80N7O10PSi/c1-36(2)50(65)61-54-60-49-46(51(66)62-54)39(33-59-53(67)55(7,8)9)34-63(49)52-48(74-76(15,16)56(10,11)12)47(73-75(71-32-20-31-58)64(37(3)4)38(5)6)45(72-52)35-70-57(40-21-18-17-19-22-40,41-23-27-43(68-13)28-24-41)42-25-29-44(69-14)30-26-42/h17-19,21-30,34,36-38,45,47-48,52H,20,32-33,35H2,1-16H3,(H,59,67)(H2,60,61,62,65,66)/t45-,47-,48-,52-,75?/m1/s1. The van der Waals surface area contributed by atoms with Gasteiger partial charge in [0.1, 0.15) is 35.4 Å². The van der Waals surface area contributed by atoms with E-state index in [4.69, 9.17) is 37.4 Å². The van der Waals surface area contributed by atoms with Gasteiger partial charge in [0, 0.05) is 41.7 Å². The summed E-state index contributed by atoms with van der Waals surface area (Å²) in [5, 5.41) is 15.4. The smallest absolute Gasteiger partial charge is 0.262 e. The molecule has 76 heavy (non-hydrogen) atoms. The summed E-state index contributed by atoms with van der Waals surface area (Å²) in [5.41, 5.74) is 0.557. The number of fused-ring (bicyclic) bond motifs is 1. The quantitative estimate of drug-likeness (QED) is 0.0242. The summed E-state index contributed by atoms with van der Waals surface area (Å²) in [6.07, 6.45) is -1.93. The largest absolute Gasteiger partial charge is 0.497 e. The fraction of sp³-hybridized carbons (Fsp3) is 0.526. The fourth-order valence-electron chi connectivity index (χ4n) is 8.84. The number of H-pyrrole nitrogens is 1. The Balaban J connectivity index is 1.65. The van der Waals surface area contributed by atoms with Crippen LogP contribution in [0.4, 0.5) is 5.95 Å². The number of nitrogens with one attached hydrogen (secondary N) is 3. The number of anilines is 1. The molecule has 2 aromatic heterocycles. The van der Waals surface area contributed by atoms with Gasteiger partial charge in [-0.2, -0.15) is 10.2 Å². The fourth-order valence-corrected chi connectivity index (χ4v) is 11.9. The van der Waals surface area contributed by atoms with Gasteiger partial charge in [-0.15, -0.1) is 0 Å². The molecule has 6 rings (SSSR count). The van der Waals surface area contributed by atoms with Crippen LogP contribution in [0, 0.1) is 22.7 Å². The predicted molar refractivity (Wildman–Crippen MR) is 299 cm³/mol. The average Bonchev–Trinajstić information content (AvgIpc) is 3.89. The summed E-state index contributed by atoms with van der Waals surface area (Å²) < 4.78 is 52.0. The minimum absolute atomic E-state index is 0.0197. The molecule has 0 aliphatic carbocycles. The number of carbonyl (C=O) groups is 2. The third kappa shape index (κ3) is 13.4. The number of amides is 2. The van der Waals surface area contributed by atoms with Gasteiger partial charge in [-0.25, -0.2) is 4.67 Å². The van der Waals surface area contributed by atoms with Crippen molar-refractivity contribution in [2.75, 3.05) is 32.8 Å². The van der Waals surface area contributed by atoms with E-state index in [-0.39, 0.29) is 72.1 Å². The highest BCUT2D eigenvalue weighted by molar-refractivity contribution is 7.44. The van der Waals surface area contributed by atoms with Crippen molar-refractivity contribution in [3.05, 3.63) is 118 Å². The average molecular weight is 1080 g/mol. The molecule has 1 aliphatic heterocycles. The summed E-state index contributed by atoms with van der Waals surface area (Å²) in [5.74, 6) is 0.291. The zero-order valence-corrected chi connectivity index (χ0v) is 49.2. The summed E-state index contributed by atoms with van der Waals surface area (Å²) in [7, 11) is -1.47. The van der Waals surface area contributed by atoms with Crippen molar-refractivity contribution in [3.63, 3.8) is 0 Å². The van der Waals surface area contributed by atoms with Crippen molar-refractivity contribution < 1.29 is 42.0 Å². The molecule has 2 amide bonds. The van der Waals surface area contributed by atoms with E-state index in [1.165, 1.54) is 0 Å². The molecule has 0 saturated carbocycles. The van der Waals surface area contributed by atoms with E-state index in [1.807, 2.05) is 99.6 Å². The summed E-state index contributed by atoms with van der Waals surface area (Å²) in [4.78, 5) is 48.8. The van der Waals surface area contributed by atoms with Crippen molar-refractivity contribution in [1.82, 2.24) is 24.5 Å². The van der Waals surface area contributed by atoms with Crippen molar-refractivity contribution in [2.24, 2.45) is 11.3 Å². The van der Waals surface area contributed by atoms with Gasteiger partial charge >= 0.3 is 0 Å². The molecule has 17 nitrogen and oxygen atoms in total. The zero-order valence-electron chi connectivity index (χ0n) is 47.3. The Bertz CT molecular complexity index is 2780. The first kappa shape index (κ1) is 59.8. The Labute approximate surface area is 451 Å². The van der Waals surface area contributed by atoms with Gasteiger partial charge in [0.05, 0.1) is 45.3 Å². The molecule has 0 bridgehead atoms. The van der Waals surface area contributed by atoms with Crippen LogP contribution in [0.15, 0.2) is 89.9 Å². The third-order valence-electron chi connectivity index (χ3n) is 14.0. The lowest BCUT2D eigenvalue weighted by Gasteiger charge is -2.42. The molecule has 19 heteroatoms. The number of aromatic amines is 1. The third-order valence-corrected chi connectivity index (χ3v) is 20.6. The molecule has 3 heterocycles. The number of carbonyl (C=O) groups excluding carboxylic acids is 2. The van der Waals surface area contributed by atoms with E-state index in [0.717, 1.165) is 16.7 Å². The molecule has 1 saturated heterocycles. The summed E-state index contributed by atoms with van der Waals surface area (Å²) in [6, 6.07) is 27.6. The van der Waals surface area contributed by atoms with E-state index in [2.05, 4.69) is 87.9 Å². The maximum absolute atomic E-state index is 14.4. The first-order chi connectivity index (χ1) is 35.8.